The molecule has 0 aliphatic heterocycles. The molecule has 0 bridgehead atoms. The molecule has 18 heavy (non-hydrogen) atoms. The third-order valence-electron chi connectivity index (χ3n) is 3.41. The fraction of sp³-hybridized carbons (Fsp3) is 0.750. The summed E-state index contributed by atoms with van der Waals surface area (Å²) in [5.41, 5.74) is 0. The van der Waals surface area contributed by atoms with E-state index in [-0.39, 0.29) is 5.75 Å². The van der Waals surface area contributed by atoms with Crippen LogP contribution in [0.4, 0.5) is 0 Å². The lowest BCUT2D eigenvalue weighted by Crippen LogP contribution is -2.07. The molecule has 1 aliphatic rings. The lowest BCUT2D eigenvalue weighted by Gasteiger charge is -2.13. The molecule has 0 aromatic carbocycles. The van der Waals surface area contributed by atoms with Crippen LogP contribution in [0.2, 0.25) is 0 Å². The number of hydrogen-bond donors (Lipinski definition) is 1. The molecule has 0 unspecified atom stereocenters. The Morgan fingerprint density at radius 2 is 2.00 bits per heavy atom. The first-order valence-electron chi connectivity index (χ1n) is 6.42. The second kappa shape index (κ2) is 6.22. The number of thioether (sulfide) groups is 1. The molecule has 1 aliphatic carbocycles. The zero-order valence-electron chi connectivity index (χ0n) is 10.6. The van der Waals surface area contributed by atoms with Gasteiger partial charge in [-0.3, -0.25) is 4.79 Å². The number of carboxylic acids is 1. The maximum atomic E-state index is 10.6. The van der Waals surface area contributed by atoms with Crippen molar-refractivity contribution in [3.8, 4) is 0 Å². The third kappa shape index (κ3) is 3.25. The van der Waals surface area contributed by atoms with Crippen LogP contribution in [0, 0.1) is 0 Å². The van der Waals surface area contributed by atoms with Crippen molar-refractivity contribution in [1.29, 1.82) is 0 Å². The van der Waals surface area contributed by atoms with E-state index >= 15 is 0 Å². The average Bonchev–Trinajstić information content (AvgIpc) is 2.56. The number of rotatable bonds is 4. The van der Waals surface area contributed by atoms with Crippen molar-refractivity contribution >= 4 is 17.7 Å². The molecular formula is C12H19N3O2S. The van der Waals surface area contributed by atoms with Gasteiger partial charge in [0.1, 0.15) is 5.82 Å². The minimum atomic E-state index is -0.820. The number of aromatic nitrogens is 3. The monoisotopic (exact) mass is 269 g/mol. The van der Waals surface area contributed by atoms with E-state index in [4.69, 9.17) is 5.11 Å². The lowest BCUT2D eigenvalue weighted by molar-refractivity contribution is -0.133. The van der Waals surface area contributed by atoms with Gasteiger partial charge in [-0.2, -0.15) is 0 Å². The van der Waals surface area contributed by atoms with E-state index in [2.05, 4.69) is 10.2 Å². The molecule has 100 valence electrons. The van der Waals surface area contributed by atoms with Crippen molar-refractivity contribution in [3.63, 3.8) is 0 Å². The van der Waals surface area contributed by atoms with Crippen molar-refractivity contribution in [2.24, 2.45) is 7.05 Å². The van der Waals surface area contributed by atoms with Crippen LogP contribution >= 0.6 is 11.8 Å². The van der Waals surface area contributed by atoms with Crippen LogP contribution in [-0.4, -0.2) is 31.6 Å². The molecule has 0 spiro atoms. The van der Waals surface area contributed by atoms with Crippen molar-refractivity contribution in [3.05, 3.63) is 5.82 Å². The molecule has 1 heterocycles. The maximum absolute atomic E-state index is 10.6. The highest BCUT2D eigenvalue weighted by Gasteiger charge is 2.21. The normalized spacial score (nSPS) is 17.6. The van der Waals surface area contributed by atoms with Crippen LogP contribution in [0.25, 0.3) is 0 Å². The first-order chi connectivity index (χ1) is 8.68. The van der Waals surface area contributed by atoms with Crippen LogP contribution < -0.4 is 0 Å². The van der Waals surface area contributed by atoms with Crippen LogP contribution in [0.1, 0.15) is 50.3 Å². The predicted molar refractivity (Wildman–Crippen MR) is 69.8 cm³/mol. The molecule has 2 rings (SSSR count). The van der Waals surface area contributed by atoms with Gasteiger partial charge in [0.25, 0.3) is 0 Å². The Morgan fingerprint density at radius 1 is 1.33 bits per heavy atom. The van der Waals surface area contributed by atoms with E-state index in [9.17, 15) is 4.79 Å². The van der Waals surface area contributed by atoms with Crippen molar-refractivity contribution in [2.45, 2.75) is 49.6 Å². The van der Waals surface area contributed by atoms with Gasteiger partial charge in [0.05, 0.1) is 5.75 Å². The van der Waals surface area contributed by atoms with Gasteiger partial charge in [0, 0.05) is 13.0 Å². The smallest absolute Gasteiger partial charge is 0.313 e. The fourth-order valence-electron chi connectivity index (χ4n) is 2.47. The molecule has 0 radical (unpaired) electrons. The number of carbonyl (C=O) groups is 1. The molecular weight excluding hydrogens is 250 g/mol. The van der Waals surface area contributed by atoms with Crippen LogP contribution in [-0.2, 0) is 11.8 Å². The second-order valence-electron chi connectivity index (χ2n) is 4.77. The molecule has 0 amide bonds. The largest absolute Gasteiger partial charge is 0.481 e. The molecule has 1 aromatic rings. The molecule has 5 nitrogen and oxygen atoms in total. The summed E-state index contributed by atoms with van der Waals surface area (Å²) in [7, 11) is 1.93. The number of carboxylic acid groups (broad SMARTS) is 1. The van der Waals surface area contributed by atoms with Gasteiger partial charge in [0.15, 0.2) is 5.16 Å². The highest BCUT2D eigenvalue weighted by molar-refractivity contribution is 7.99. The summed E-state index contributed by atoms with van der Waals surface area (Å²) >= 11 is 1.23. The standard InChI is InChI=1S/C12H19N3O2S/c1-15-11(9-6-4-2-3-5-7-9)13-14-12(15)18-8-10(16)17/h9H,2-8H2,1H3,(H,16,17). The first-order valence-corrected chi connectivity index (χ1v) is 7.41. The fourth-order valence-corrected chi connectivity index (χ4v) is 3.11. The molecule has 1 fully saturated rings. The van der Waals surface area contributed by atoms with Crippen LogP contribution in [0.3, 0.4) is 0 Å². The Morgan fingerprint density at radius 3 is 2.61 bits per heavy atom. The van der Waals surface area contributed by atoms with Crippen molar-refractivity contribution in [1.82, 2.24) is 14.8 Å². The number of nitrogens with zero attached hydrogens (tertiary/aromatic N) is 3. The number of aliphatic carboxylic acids is 1. The van der Waals surface area contributed by atoms with E-state index < -0.39 is 5.97 Å². The Balaban J connectivity index is 2.06. The first kappa shape index (κ1) is 13.4. The van der Waals surface area contributed by atoms with Crippen LogP contribution in [0.15, 0.2) is 5.16 Å². The minimum absolute atomic E-state index is 0.0383. The molecule has 1 N–H and O–H groups in total. The average molecular weight is 269 g/mol. The minimum Gasteiger partial charge on any atom is -0.481 e. The highest BCUT2D eigenvalue weighted by atomic mass is 32.2. The van der Waals surface area contributed by atoms with Gasteiger partial charge in [-0.05, 0) is 12.8 Å². The topological polar surface area (TPSA) is 68.0 Å². The van der Waals surface area contributed by atoms with Crippen molar-refractivity contribution in [2.75, 3.05) is 5.75 Å². The van der Waals surface area contributed by atoms with E-state index in [0.717, 1.165) is 5.82 Å². The van der Waals surface area contributed by atoms with Crippen LogP contribution in [0.5, 0.6) is 0 Å². The molecule has 0 atom stereocenters. The Kier molecular flexibility index (Phi) is 4.63. The third-order valence-corrected chi connectivity index (χ3v) is 4.42. The van der Waals surface area contributed by atoms with E-state index in [0.29, 0.717) is 11.1 Å². The Bertz CT molecular complexity index is 411. The SMILES string of the molecule is Cn1c(SCC(=O)O)nnc1C1CCCCCC1. The number of hydrogen-bond acceptors (Lipinski definition) is 4. The van der Waals surface area contributed by atoms with Gasteiger partial charge in [-0.25, -0.2) is 0 Å². The highest BCUT2D eigenvalue weighted by Crippen LogP contribution is 2.31. The summed E-state index contributed by atoms with van der Waals surface area (Å²) in [6, 6.07) is 0. The quantitative estimate of drug-likeness (QED) is 0.671. The summed E-state index contributed by atoms with van der Waals surface area (Å²) < 4.78 is 1.96. The van der Waals surface area contributed by atoms with E-state index in [1.54, 1.807) is 0 Å². The van der Waals surface area contributed by atoms with Gasteiger partial charge in [0.2, 0.25) is 0 Å². The van der Waals surface area contributed by atoms with Gasteiger partial charge >= 0.3 is 5.97 Å². The predicted octanol–water partition coefficient (Wildman–Crippen LogP) is 2.43. The Labute approximate surface area is 111 Å². The molecule has 1 saturated carbocycles. The van der Waals surface area contributed by atoms with Gasteiger partial charge < -0.3 is 9.67 Å². The molecule has 0 saturated heterocycles. The second-order valence-corrected chi connectivity index (χ2v) is 5.71. The summed E-state index contributed by atoms with van der Waals surface area (Å²) in [6.07, 6.45) is 7.50. The van der Waals surface area contributed by atoms with Crippen molar-refractivity contribution < 1.29 is 9.90 Å². The molecule has 1 aromatic heterocycles. The summed E-state index contributed by atoms with van der Waals surface area (Å²) in [5.74, 6) is 0.726. The Hall–Kier alpha value is -1.04. The lowest BCUT2D eigenvalue weighted by atomic mass is 10.00. The summed E-state index contributed by atoms with van der Waals surface area (Å²) in [4.78, 5) is 10.6. The van der Waals surface area contributed by atoms with Gasteiger partial charge in [-0.15, -0.1) is 10.2 Å². The summed E-state index contributed by atoms with van der Waals surface area (Å²) in [6.45, 7) is 0. The summed E-state index contributed by atoms with van der Waals surface area (Å²) in [5, 5.41) is 17.7. The zero-order valence-corrected chi connectivity index (χ0v) is 11.4. The zero-order chi connectivity index (χ0) is 13.0. The van der Waals surface area contributed by atoms with E-state index in [1.807, 2.05) is 11.6 Å². The molecule has 6 heteroatoms. The van der Waals surface area contributed by atoms with E-state index in [1.165, 1.54) is 50.3 Å². The maximum Gasteiger partial charge on any atom is 0.313 e. The van der Waals surface area contributed by atoms with Gasteiger partial charge in [-0.1, -0.05) is 37.4 Å².